The van der Waals surface area contributed by atoms with Crippen LogP contribution in [0.3, 0.4) is 0 Å². The number of fused-ring (bicyclic) bond motifs is 1. The maximum atomic E-state index is 11.9. The summed E-state index contributed by atoms with van der Waals surface area (Å²) in [5.41, 5.74) is 4.80. The number of anilines is 1. The van der Waals surface area contributed by atoms with E-state index in [1.807, 2.05) is 13.0 Å². The molecule has 1 aliphatic heterocycles. The molecule has 18 heavy (non-hydrogen) atoms. The smallest absolute Gasteiger partial charge is 0.256 e. The van der Waals surface area contributed by atoms with E-state index in [2.05, 4.69) is 28.5 Å². The van der Waals surface area contributed by atoms with Crippen molar-refractivity contribution in [1.29, 1.82) is 0 Å². The summed E-state index contributed by atoms with van der Waals surface area (Å²) in [6.45, 7) is 2.94. The number of para-hydroxylation sites is 1. The van der Waals surface area contributed by atoms with Crippen LogP contribution in [0.25, 0.3) is 0 Å². The standard InChI is InChI=1S/C14H21N3O/c1-2-12(14(18)16-15)17-10-6-5-8-11-7-3-4-9-13(11)17/h3-4,7,9,12H,2,5-6,8,10,15H2,1H3,(H,16,18). The van der Waals surface area contributed by atoms with Gasteiger partial charge >= 0.3 is 0 Å². The van der Waals surface area contributed by atoms with Gasteiger partial charge in [0, 0.05) is 12.2 Å². The van der Waals surface area contributed by atoms with Crippen molar-refractivity contribution in [2.24, 2.45) is 5.84 Å². The van der Waals surface area contributed by atoms with Gasteiger partial charge in [-0.3, -0.25) is 10.2 Å². The molecule has 4 heteroatoms. The number of hydrazine groups is 1. The Labute approximate surface area is 108 Å². The van der Waals surface area contributed by atoms with Crippen molar-refractivity contribution in [3.63, 3.8) is 0 Å². The number of carbonyl (C=O) groups excluding carboxylic acids is 1. The summed E-state index contributed by atoms with van der Waals surface area (Å²) in [5.74, 6) is 5.19. The first kappa shape index (κ1) is 12.9. The molecular formula is C14H21N3O. The maximum absolute atomic E-state index is 11.9. The number of hydrogen-bond acceptors (Lipinski definition) is 3. The third kappa shape index (κ3) is 2.48. The van der Waals surface area contributed by atoms with Crippen molar-refractivity contribution in [2.45, 2.75) is 38.6 Å². The second-order valence-electron chi connectivity index (χ2n) is 4.71. The van der Waals surface area contributed by atoms with Crippen molar-refractivity contribution < 1.29 is 4.79 Å². The largest absolute Gasteiger partial charge is 0.359 e. The lowest BCUT2D eigenvalue weighted by Crippen LogP contribution is -2.49. The van der Waals surface area contributed by atoms with E-state index in [1.54, 1.807) is 0 Å². The number of nitrogens with one attached hydrogen (secondary N) is 1. The highest BCUT2D eigenvalue weighted by Gasteiger charge is 2.26. The molecule has 0 saturated carbocycles. The topological polar surface area (TPSA) is 58.4 Å². The van der Waals surface area contributed by atoms with E-state index in [0.29, 0.717) is 0 Å². The SMILES string of the molecule is CCC(C(=O)NN)N1CCCCc2ccccc21. The summed E-state index contributed by atoms with van der Waals surface area (Å²) >= 11 is 0. The molecule has 1 heterocycles. The number of nitrogens with zero attached hydrogens (tertiary/aromatic N) is 1. The van der Waals surface area contributed by atoms with Gasteiger partial charge in [-0.2, -0.15) is 0 Å². The lowest BCUT2D eigenvalue weighted by Gasteiger charge is -2.31. The van der Waals surface area contributed by atoms with Crippen LogP contribution in [0.2, 0.25) is 0 Å². The van der Waals surface area contributed by atoms with Gasteiger partial charge in [0.25, 0.3) is 5.91 Å². The number of carbonyl (C=O) groups is 1. The number of aryl methyl sites for hydroxylation is 1. The third-order valence-corrected chi connectivity index (χ3v) is 3.60. The van der Waals surface area contributed by atoms with E-state index < -0.39 is 0 Å². The number of amides is 1. The van der Waals surface area contributed by atoms with Crippen molar-refractivity contribution in [3.05, 3.63) is 29.8 Å². The summed E-state index contributed by atoms with van der Waals surface area (Å²) in [6.07, 6.45) is 4.14. The van der Waals surface area contributed by atoms with Gasteiger partial charge in [-0.25, -0.2) is 5.84 Å². The van der Waals surface area contributed by atoms with Gasteiger partial charge < -0.3 is 4.90 Å². The Balaban J connectivity index is 2.34. The highest BCUT2D eigenvalue weighted by Crippen LogP contribution is 2.28. The highest BCUT2D eigenvalue weighted by atomic mass is 16.2. The van der Waals surface area contributed by atoms with E-state index in [0.717, 1.165) is 25.8 Å². The van der Waals surface area contributed by atoms with Crippen LogP contribution >= 0.6 is 0 Å². The van der Waals surface area contributed by atoms with Crippen molar-refractivity contribution in [2.75, 3.05) is 11.4 Å². The summed E-state index contributed by atoms with van der Waals surface area (Å²) in [4.78, 5) is 14.1. The minimum Gasteiger partial charge on any atom is -0.359 e. The lowest BCUT2D eigenvalue weighted by atomic mass is 10.1. The van der Waals surface area contributed by atoms with Gasteiger partial charge in [0.2, 0.25) is 0 Å². The molecule has 0 spiro atoms. The van der Waals surface area contributed by atoms with Gasteiger partial charge in [-0.1, -0.05) is 25.1 Å². The molecule has 0 bridgehead atoms. The molecule has 0 radical (unpaired) electrons. The fraction of sp³-hybridized carbons (Fsp3) is 0.500. The number of rotatable bonds is 3. The molecule has 1 aliphatic rings. The molecule has 1 atom stereocenters. The molecule has 1 unspecified atom stereocenters. The fourth-order valence-electron chi connectivity index (χ4n) is 2.69. The summed E-state index contributed by atoms with van der Waals surface area (Å²) in [6, 6.07) is 8.18. The van der Waals surface area contributed by atoms with Crippen molar-refractivity contribution in [1.82, 2.24) is 5.43 Å². The zero-order valence-corrected chi connectivity index (χ0v) is 10.9. The predicted molar refractivity (Wildman–Crippen MR) is 73.1 cm³/mol. The van der Waals surface area contributed by atoms with Crippen LogP contribution in [0.5, 0.6) is 0 Å². The average molecular weight is 247 g/mol. The zero-order chi connectivity index (χ0) is 13.0. The second-order valence-corrected chi connectivity index (χ2v) is 4.71. The van der Waals surface area contributed by atoms with Crippen molar-refractivity contribution >= 4 is 11.6 Å². The highest BCUT2D eigenvalue weighted by molar-refractivity contribution is 5.85. The predicted octanol–water partition coefficient (Wildman–Crippen LogP) is 1.60. The Morgan fingerprint density at radius 3 is 2.94 bits per heavy atom. The number of benzene rings is 1. The van der Waals surface area contributed by atoms with E-state index in [-0.39, 0.29) is 11.9 Å². The van der Waals surface area contributed by atoms with Crippen LogP contribution < -0.4 is 16.2 Å². The molecule has 98 valence electrons. The van der Waals surface area contributed by atoms with E-state index in [1.165, 1.54) is 17.7 Å². The Morgan fingerprint density at radius 2 is 2.22 bits per heavy atom. The molecule has 0 aliphatic carbocycles. The lowest BCUT2D eigenvalue weighted by molar-refractivity contribution is -0.122. The molecule has 1 amide bonds. The van der Waals surface area contributed by atoms with Gasteiger partial charge in [0.15, 0.2) is 0 Å². The quantitative estimate of drug-likeness (QED) is 0.484. The first-order valence-corrected chi connectivity index (χ1v) is 6.63. The van der Waals surface area contributed by atoms with Crippen LogP contribution in [0.4, 0.5) is 5.69 Å². The normalized spacial score (nSPS) is 16.7. The summed E-state index contributed by atoms with van der Waals surface area (Å²) in [5, 5.41) is 0. The average Bonchev–Trinajstić information content (AvgIpc) is 2.62. The Hall–Kier alpha value is -1.55. The van der Waals surface area contributed by atoms with Gasteiger partial charge in [0.05, 0.1) is 0 Å². The Bertz CT molecular complexity index is 419. The summed E-state index contributed by atoms with van der Waals surface area (Å²) < 4.78 is 0. The third-order valence-electron chi connectivity index (χ3n) is 3.60. The minimum atomic E-state index is -0.172. The monoisotopic (exact) mass is 247 g/mol. The van der Waals surface area contributed by atoms with Crippen LogP contribution in [0, 0.1) is 0 Å². The van der Waals surface area contributed by atoms with E-state index in [4.69, 9.17) is 5.84 Å². The first-order chi connectivity index (χ1) is 8.77. The molecule has 4 nitrogen and oxygen atoms in total. The second kappa shape index (κ2) is 5.87. The van der Waals surface area contributed by atoms with Crippen LogP contribution in [-0.2, 0) is 11.2 Å². The van der Waals surface area contributed by atoms with Gasteiger partial charge in [-0.15, -0.1) is 0 Å². The number of hydrogen-bond donors (Lipinski definition) is 2. The molecule has 1 aromatic carbocycles. The minimum absolute atomic E-state index is 0.103. The molecule has 1 aromatic rings. The zero-order valence-electron chi connectivity index (χ0n) is 10.9. The van der Waals surface area contributed by atoms with E-state index >= 15 is 0 Å². The molecule has 3 N–H and O–H groups in total. The van der Waals surface area contributed by atoms with Gasteiger partial charge in [-0.05, 0) is 37.3 Å². The van der Waals surface area contributed by atoms with E-state index in [9.17, 15) is 4.79 Å². The molecule has 0 saturated heterocycles. The fourth-order valence-corrected chi connectivity index (χ4v) is 2.69. The van der Waals surface area contributed by atoms with Gasteiger partial charge in [0.1, 0.15) is 6.04 Å². The molecule has 0 fully saturated rings. The van der Waals surface area contributed by atoms with Crippen molar-refractivity contribution in [3.8, 4) is 0 Å². The Morgan fingerprint density at radius 1 is 1.44 bits per heavy atom. The first-order valence-electron chi connectivity index (χ1n) is 6.63. The van der Waals surface area contributed by atoms with Crippen LogP contribution in [0.1, 0.15) is 31.7 Å². The summed E-state index contributed by atoms with van der Waals surface area (Å²) in [7, 11) is 0. The number of nitrogens with two attached hydrogens (primary N) is 1. The molecular weight excluding hydrogens is 226 g/mol. The van der Waals surface area contributed by atoms with Crippen LogP contribution in [-0.4, -0.2) is 18.5 Å². The maximum Gasteiger partial charge on any atom is 0.256 e. The Kier molecular flexibility index (Phi) is 4.20. The molecule has 0 aromatic heterocycles. The van der Waals surface area contributed by atoms with Crippen LogP contribution in [0.15, 0.2) is 24.3 Å². The molecule has 2 rings (SSSR count).